The first-order chi connectivity index (χ1) is 9.02. The predicted molar refractivity (Wildman–Crippen MR) is 77.9 cm³/mol. The highest BCUT2D eigenvalue weighted by Gasteiger charge is 2.36. The van der Waals surface area contributed by atoms with Crippen LogP contribution in [-0.4, -0.2) is 27.4 Å². The molecule has 0 spiro atoms. The smallest absolute Gasteiger partial charge is 0.137 e. The molecule has 1 aromatic rings. The summed E-state index contributed by atoms with van der Waals surface area (Å²) >= 11 is 0. The van der Waals surface area contributed by atoms with E-state index in [4.69, 9.17) is 0 Å². The van der Waals surface area contributed by atoms with Gasteiger partial charge in [-0.3, -0.25) is 0 Å². The van der Waals surface area contributed by atoms with E-state index in [1.54, 1.807) is 6.33 Å². The van der Waals surface area contributed by atoms with E-state index in [9.17, 15) is 0 Å². The normalized spacial score (nSPS) is 28.5. The topological polar surface area (TPSA) is 42.7 Å². The highest BCUT2D eigenvalue weighted by Crippen LogP contribution is 2.41. The molecular formula is C15H28N4. The number of aromatic nitrogens is 3. The van der Waals surface area contributed by atoms with Gasteiger partial charge in [-0.1, -0.05) is 27.7 Å². The molecule has 1 aromatic heterocycles. The molecule has 0 amide bonds. The fourth-order valence-electron chi connectivity index (χ4n) is 3.18. The Morgan fingerprint density at radius 3 is 2.68 bits per heavy atom. The van der Waals surface area contributed by atoms with Crippen LogP contribution in [0.15, 0.2) is 12.7 Å². The molecule has 4 nitrogen and oxygen atoms in total. The fraction of sp³-hybridized carbons (Fsp3) is 0.867. The Kier molecular flexibility index (Phi) is 4.61. The van der Waals surface area contributed by atoms with Crippen LogP contribution in [0.4, 0.5) is 0 Å². The molecule has 0 bridgehead atoms. The van der Waals surface area contributed by atoms with E-state index in [0.717, 1.165) is 12.5 Å². The lowest BCUT2D eigenvalue weighted by Gasteiger charge is -2.42. The van der Waals surface area contributed by atoms with Crippen molar-refractivity contribution in [3.05, 3.63) is 12.7 Å². The van der Waals surface area contributed by atoms with E-state index >= 15 is 0 Å². The summed E-state index contributed by atoms with van der Waals surface area (Å²) in [7, 11) is 0. The standard InChI is InChI=1S/C15H28N4/c1-5-8-17-13-7-6-12(15(2,3)4)9-14(13)19-11-16-10-18-19/h10-14,17H,5-9H2,1-4H3. The van der Waals surface area contributed by atoms with Crippen LogP contribution in [0.25, 0.3) is 0 Å². The third kappa shape index (κ3) is 3.56. The summed E-state index contributed by atoms with van der Waals surface area (Å²) < 4.78 is 2.06. The van der Waals surface area contributed by atoms with Crippen LogP contribution < -0.4 is 5.32 Å². The van der Waals surface area contributed by atoms with Crippen LogP contribution in [0.3, 0.4) is 0 Å². The van der Waals surface area contributed by atoms with Gasteiger partial charge in [0.25, 0.3) is 0 Å². The van der Waals surface area contributed by atoms with Gasteiger partial charge in [0.1, 0.15) is 12.7 Å². The lowest BCUT2D eigenvalue weighted by Crippen LogP contribution is -2.44. The predicted octanol–water partition coefficient (Wildman–Crippen LogP) is 3.03. The van der Waals surface area contributed by atoms with E-state index in [1.165, 1.54) is 25.7 Å². The van der Waals surface area contributed by atoms with Crippen LogP contribution in [0.1, 0.15) is 59.4 Å². The maximum Gasteiger partial charge on any atom is 0.137 e. The Morgan fingerprint density at radius 2 is 2.11 bits per heavy atom. The van der Waals surface area contributed by atoms with E-state index < -0.39 is 0 Å². The van der Waals surface area contributed by atoms with Crippen molar-refractivity contribution in [3.63, 3.8) is 0 Å². The number of nitrogens with zero attached hydrogens (tertiary/aromatic N) is 3. The summed E-state index contributed by atoms with van der Waals surface area (Å²) in [4.78, 5) is 4.12. The maximum absolute atomic E-state index is 4.38. The molecule has 1 aliphatic rings. The Labute approximate surface area is 117 Å². The van der Waals surface area contributed by atoms with Gasteiger partial charge >= 0.3 is 0 Å². The van der Waals surface area contributed by atoms with E-state index in [0.29, 0.717) is 17.5 Å². The van der Waals surface area contributed by atoms with Crippen molar-refractivity contribution in [3.8, 4) is 0 Å². The van der Waals surface area contributed by atoms with Gasteiger partial charge in [-0.15, -0.1) is 0 Å². The average Bonchev–Trinajstić information content (AvgIpc) is 2.88. The largest absolute Gasteiger partial charge is 0.312 e. The first-order valence-electron chi connectivity index (χ1n) is 7.60. The van der Waals surface area contributed by atoms with E-state index in [-0.39, 0.29) is 0 Å². The fourth-order valence-corrected chi connectivity index (χ4v) is 3.18. The van der Waals surface area contributed by atoms with Crippen LogP contribution in [0, 0.1) is 11.3 Å². The van der Waals surface area contributed by atoms with Gasteiger partial charge < -0.3 is 5.32 Å². The van der Waals surface area contributed by atoms with Crippen LogP contribution in [0.5, 0.6) is 0 Å². The molecule has 19 heavy (non-hydrogen) atoms. The zero-order valence-electron chi connectivity index (χ0n) is 12.8. The SMILES string of the molecule is CCCNC1CCC(C(C)(C)C)CC1n1cncn1. The monoisotopic (exact) mass is 264 g/mol. The second-order valence-corrected chi connectivity index (χ2v) is 6.88. The number of hydrogen-bond acceptors (Lipinski definition) is 3. The Balaban J connectivity index is 2.10. The van der Waals surface area contributed by atoms with Crippen molar-refractivity contribution in [1.29, 1.82) is 0 Å². The molecule has 1 N–H and O–H groups in total. The molecule has 4 heteroatoms. The molecule has 1 aliphatic carbocycles. The van der Waals surface area contributed by atoms with Crippen LogP contribution in [0.2, 0.25) is 0 Å². The van der Waals surface area contributed by atoms with Gasteiger partial charge in [-0.2, -0.15) is 5.10 Å². The quantitative estimate of drug-likeness (QED) is 0.909. The minimum Gasteiger partial charge on any atom is -0.312 e. The first-order valence-corrected chi connectivity index (χ1v) is 7.60. The molecule has 2 rings (SSSR count). The van der Waals surface area contributed by atoms with Crippen molar-refractivity contribution in [2.24, 2.45) is 11.3 Å². The molecule has 0 aromatic carbocycles. The molecule has 0 radical (unpaired) electrons. The summed E-state index contributed by atoms with van der Waals surface area (Å²) in [5.74, 6) is 0.765. The summed E-state index contributed by atoms with van der Waals surface area (Å²) in [6, 6.07) is 0.993. The molecule has 0 aliphatic heterocycles. The Morgan fingerprint density at radius 1 is 1.32 bits per heavy atom. The molecule has 3 atom stereocenters. The molecule has 0 saturated heterocycles. The van der Waals surface area contributed by atoms with E-state index in [2.05, 4.69) is 47.8 Å². The van der Waals surface area contributed by atoms with Crippen molar-refractivity contribution in [1.82, 2.24) is 20.1 Å². The van der Waals surface area contributed by atoms with Crippen molar-refractivity contribution < 1.29 is 0 Å². The molecular weight excluding hydrogens is 236 g/mol. The number of hydrogen-bond donors (Lipinski definition) is 1. The third-order valence-electron chi connectivity index (χ3n) is 4.47. The molecule has 1 heterocycles. The highest BCUT2D eigenvalue weighted by molar-refractivity contribution is 4.91. The Hall–Kier alpha value is -0.900. The van der Waals surface area contributed by atoms with Gasteiger partial charge in [-0.25, -0.2) is 9.67 Å². The van der Waals surface area contributed by atoms with Gasteiger partial charge in [0.05, 0.1) is 6.04 Å². The maximum atomic E-state index is 4.38. The van der Waals surface area contributed by atoms with Gasteiger partial charge in [0.2, 0.25) is 0 Å². The van der Waals surface area contributed by atoms with Crippen molar-refractivity contribution in [2.75, 3.05) is 6.54 Å². The van der Waals surface area contributed by atoms with Gasteiger partial charge in [0.15, 0.2) is 0 Å². The molecule has 108 valence electrons. The van der Waals surface area contributed by atoms with Crippen LogP contribution >= 0.6 is 0 Å². The van der Waals surface area contributed by atoms with Gasteiger partial charge in [-0.05, 0) is 43.6 Å². The summed E-state index contributed by atoms with van der Waals surface area (Å²) in [6.45, 7) is 10.4. The van der Waals surface area contributed by atoms with Crippen molar-refractivity contribution in [2.45, 2.75) is 65.5 Å². The van der Waals surface area contributed by atoms with E-state index in [1.807, 2.05) is 6.33 Å². The second-order valence-electron chi connectivity index (χ2n) is 6.88. The highest BCUT2D eigenvalue weighted by atomic mass is 15.3. The number of rotatable bonds is 4. The molecule has 1 fully saturated rings. The summed E-state index contributed by atoms with van der Waals surface area (Å²) in [5.41, 5.74) is 0.383. The molecule has 3 unspecified atom stereocenters. The lowest BCUT2D eigenvalue weighted by atomic mass is 9.69. The Bertz CT molecular complexity index is 366. The second kappa shape index (κ2) is 6.04. The summed E-state index contributed by atoms with van der Waals surface area (Å²) in [5, 5.41) is 8.07. The third-order valence-corrected chi connectivity index (χ3v) is 4.47. The first kappa shape index (κ1) is 14.5. The van der Waals surface area contributed by atoms with Crippen LogP contribution in [-0.2, 0) is 0 Å². The number of nitrogens with one attached hydrogen (secondary N) is 1. The van der Waals surface area contributed by atoms with Gasteiger partial charge in [0, 0.05) is 6.04 Å². The average molecular weight is 264 g/mol. The zero-order valence-corrected chi connectivity index (χ0v) is 12.8. The minimum absolute atomic E-state index is 0.383. The zero-order chi connectivity index (χ0) is 13.9. The lowest BCUT2D eigenvalue weighted by molar-refractivity contribution is 0.112. The minimum atomic E-state index is 0.383. The summed E-state index contributed by atoms with van der Waals surface area (Å²) in [6.07, 6.45) is 8.47. The van der Waals surface area contributed by atoms with Crippen molar-refractivity contribution >= 4 is 0 Å². The molecule has 1 saturated carbocycles.